The monoisotopic (exact) mass is 375 g/mol. The molecule has 6 nitrogen and oxygen atoms in total. The number of phenols is 1. The van der Waals surface area contributed by atoms with Crippen LogP contribution in [0, 0.1) is 6.92 Å². The second kappa shape index (κ2) is 7.15. The van der Waals surface area contributed by atoms with Crippen LogP contribution in [0.2, 0.25) is 0 Å². The van der Waals surface area contributed by atoms with Crippen LogP contribution in [0.4, 0.5) is 11.5 Å². The second-order valence-corrected chi connectivity index (χ2v) is 6.41. The number of nitrogens with zero attached hydrogens (tertiary/aromatic N) is 2. The minimum Gasteiger partial charge on any atom is -0.504 e. The fraction of sp³-hybridized carbons (Fsp3) is 0.136. The van der Waals surface area contributed by atoms with Gasteiger partial charge < -0.3 is 19.9 Å². The minimum absolute atomic E-state index is 0.0912. The summed E-state index contributed by atoms with van der Waals surface area (Å²) in [7, 11) is 3.17. The third kappa shape index (κ3) is 3.09. The molecule has 6 heteroatoms. The molecule has 2 N–H and O–H groups in total. The number of hydrogen-bond acceptors (Lipinski definition) is 5. The van der Waals surface area contributed by atoms with Crippen LogP contribution in [0.5, 0.6) is 17.2 Å². The second-order valence-electron chi connectivity index (χ2n) is 6.41. The number of methoxy groups -OCH3 is 2. The van der Waals surface area contributed by atoms with Crippen LogP contribution in [0.1, 0.15) is 5.69 Å². The number of nitrogens with one attached hydrogen (secondary N) is 1. The number of benzene rings is 2. The van der Waals surface area contributed by atoms with Crippen molar-refractivity contribution in [2.45, 2.75) is 6.92 Å². The standard InChI is InChI=1S/C22H21N3O3/c1-14-6-4-9-20-24-21(15-10-11-18(26)19(12-15)28-3)22(25(14)20)23-16-7-5-8-17(13-16)27-2/h4-13,23,26H,1-3H3. The number of ether oxygens (including phenoxy) is 2. The Morgan fingerprint density at radius 3 is 2.57 bits per heavy atom. The lowest BCUT2D eigenvalue weighted by atomic mass is 10.1. The Kier molecular flexibility index (Phi) is 4.53. The molecule has 0 saturated carbocycles. The van der Waals surface area contributed by atoms with Gasteiger partial charge in [0.25, 0.3) is 0 Å². The number of aromatic hydroxyl groups is 1. The van der Waals surface area contributed by atoms with E-state index < -0.39 is 0 Å². The number of imidazole rings is 1. The van der Waals surface area contributed by atoms with E-state index in [4.69, 9.17) is 14.5 Å². The van der Waals surface area contributed by atoms with Crippen molar-refractivity contribution in [3.8, 4) is 28.5 Å². The molecule has 2 aromatic heterocycles. The summed E-state index contributed by atoms with van der Waals surface area (Å²) in [4.78, 5) is 4.82. The van der Waals surface area contributed by atoms with Gasteiger partial charge in [-0.05, 0) is 49.4 Å². The predicted octanol–water partition coefficient (Wildman–Crippen LogP) is 4.78. The molecule has 0 aliphatic carbocycles. The number of phenolic OH excluding ortho intramolecular Hbond substituents is 1. The highest BCUT2D eigenvalue weighted by atomic mass is 16.5. The van der Waals surface area contributed by atoms with Crippen molar-refractivity contribution in [1.29, 1.82) is 0 Å². The molecule has 0 unspecified atom stereocenters. The minimum atomic E-state index is 0.0912. The highest BCUT2D eigenvalue weighted by Gasteiger charge is 2.17. The van der Waals surface area contributed by atoms with Crippen LogP contribution >= 0.6 is 0 Å². The summed E-state index contributed by atoms with van der Waals surface area (Å²) in [6, 6.07) is 18.9. The van der Waals surface area contributed by atoms with Crippen molar-refractivity contribution in [2.75, 3.05) is 19.5 Å². The molecule has 0 bridgehead atoms. The van der Waals surface area contributed by atoms with Gasteiger partial charge in [-0.3, -0.25) is 4.40 Å². The Balaban J connectivity index is 1.91. The molecule has 142 valence electrons. The van der Waals surface area contributed by atoms with Gasteiger partial charge in [0.1, 0.15) is 22.9 Å². The van der Waals surface area contributed by atoms with Gasteiger partial charge >= 0.3 is 0 Å². The molecule has 4 aromatic rings. The Morgan fingerprint density at radius 2 is 1.79 bits per heavy atom. The lowest BCUT2D eigenvalue weighted by Gasteiger charge is -2.12. The molecular weight excluding hydrogens is 354 g/mol. The number of hydrogen-bond donors (Lipinski definition) is 2. The molecule has 28 heavy (non-hydrogen) atoms. The molecule has 0 fully saturated rings. The maximum Gasteiger partial charge on any atom is 0.161 e. The highest BCUT2D eigenvalue weighted by molar-refractivity contribution is 5.81. The topological polar surface area (TPSA) is 68.0 Å². The zero-order chi connectivity index (χ0) is 19.7. The van der Waals surface area contributed by atoms with Gasteiger partial charge in [-0.25, -0.2) is 4.98 Å². The van der Waals surface area contributed by atoms with Crippen molar-refractivity contribution in [1.82, 2.24) is 9.38 Å². The molecule has 2 aromatic carbocycles. The van der Waals surface area contributed by atoms with Crippen LogP contribution in [0.3, 0.4) is 0 Å². The number of aromatic nitrogens is 2. The lowest BCUT2D eigenvalue weighted by Crippen LogP contribution is -2.00. The summed E-state index contributed by atoms with van der Waals surface area (Å²) in [5.74, 6) is 2.09. The molecule has 0 saturated heterocycles. The van der Waals surface area contributed by atoms with E-state index >= 15 is 0 Å². The van der Waals surface area contributed by atoms with Crippen molar-refractivity contribution >= 4 is 17.2 Å². The Hall–Kier alpha value is -3.67. The maximum atomic E-state index is 9.95. The largest absolute Gasteiger partial charge is 0.504 e. The summed E-state index contributed by atoms with van der Waals surface area (Å²) in [5, 5.41) is 13.4. The van der Waals surface area contributed by atoms with Gasteiger partial charge in [0.05, 0.1) is 14.2 Å². The third-order valence-electron chi connectivity index (χ3n) is 4.62. The molecule has 0 radical (unpaired) electrons. The van der Waals surface area contributed by atoms with E-state index in [1.165, 1.54) is 7.11 Å². The van der Waals surface area contributed by atoms with Crippen molar-refractivity contribution in [3.63, 3.8) is 0 Å². The normalized spacial score (nSPS) is 10.8. The molecule has 0 aliphatic heterocycles. The van der Waals surface area contributed by atoms with Crippen LogP contribution in [0.15, 0.2) is 60.7 Å². The van der Waals surface area contributed by atoms with E-state index in [1.54, 1.807) is 19.2 Å². The van der Waals surface area contributed by atoms with E-state index in [9.17, 15) is 5.11 Å². The van der Waals surface area contributed by atoms with Crippen LogP contribution in [-0.2, 0) is 0 Å². The molecule has 0 aliphatic rings. The van der Waals surface area contributed by atoms with Gasteiger partial charge in [-0.2, -0.15) is 0 Å². The quantitative estimate of drug-likeness (QED) is 0.526. The van der Waals surface area contributed by atoms with E-state index in [0.29, 0.717) is 5.75 Å². The van der Waals surface area contributed by atoms with Gasteiger partial charge in [0, 0.05) is 23.0 Å². The number of fused-ring (bicyclic) bond motifs is 1. The molecule has 2 heterocycles. The molecule has 0 atom stereocenters. The zero-order valence-corrected chi connectivity index (χ0v) is 15.9. The van der Waals surface area contributed by atoms with Crippen LogP contribution in [0.25, 0.3) is 16.9 Å². The number of pyridine rings is 1. The van der Waals surface area contributed by atoms with Crippen molar-refractivity contribution < 1.29 is 14.6 Å². The third-order valence-corrected chi connectivity index (χ3v) is 4.62. The summed E-state index contributed by atoms with van der Waals surface area (Å²) >= 11 is 0. The zero-order valence-electron chi connectivity index (χ0n) is 15.9. The van der Waals surface area contributed by atoms with Gasteiger partial charge in [-0.1, -0.05) is 12.1 Å². The van der Waals surface area contributed by atoms with Gasteiger partial charge in [-0.15, -0.1) is 0 Å². The Labute approximate surface area is 163 Å². The maximum absolute atomic E-state index is 9.95. The summed E-state index contributed by atoms with van der Waals surface area (Å²) < 4.78 is 12.7. The van der Waals surface area contributed by atoms with Crippen LogP contribution in [-0.4, -0.2) is 28.7 Å². The first kappa shape index (κ1) is 17.7. The SMILES string of the molecule is COc1cccc(Nc2c(-c3ccc(O)c(OC)c3)nc3cccc(C)n23)c1. The average molecular weight is 375 g/mol. The average Bonchev–Trinajstić information content (AvgIpc) is 3.08. The number of anilines is 2. The van der Waals surface area contributed by atoms with Crippen LogP contribution < -0.4 is 14.8 Å². The summed E-state index contributed by atoms with van der Waals surface area (Å²) in [6.45, 7) is 2.03. The lowest BCUT2D eigenvalue weighted by molar-refractivity contribution is 0.373. The van der Waals surface area contributed by atoms with E-state index in [1.807, 2.05) is 55.5 Å². The fourth-order valence-corrected chi connectivity index (χ4v) is 3.23. The van der Waals surface area contributed by atoms with E-state index in [2.05, 4.69) is 9.72 Å². The summed E-state index contributed by atoms with van der Waals surface area (Å²) in [6.07, 6.45) is 0. The Bertz CT molecular complexity index is 1150. The first-order valence-electron chi connectivity index (χ1n) is 8.87. The molecule has 0 spiro atoms. The van der Waals surface area contributed by atoms with Crippen molar-refractivity contribution in [2.24, 2.45) is 0 Å². The highest BCUT2D eigenvalue weighted by Crippen LogP contribution is 2.36. The number of aryl methyl sites for hydroxylation is 1. The first-order chi connectivity index (χ1) is 13.6. The first-order valence-corrected chi connectivity index (χ1v) is 8.87. The molecule has 4 rings (SSSR count). The van der Waals surface area contributed by atoms with E-state index in [0.717, 1.165) is 39.9 Å². The van der Waals surface area contributed by atoms with E-state index in [-0.39, 0.29) is 5.75 Å². The fourth-order valence-electron chi connectivity index (χ4n) is 3.23. The number of rotatable bonds is 5. The summed E-state index contributed by atoms with van der Waals surface area (Å²) in [5.41, 5.74) is 4.36. The Morgan fingerprint density at radius 1 is 0.964 bits per heavy atom. The van der Waals surface area contributed by atoms with Gasteiger partial charge in [0.15, 0.2) is 11.5 Å². The predicted molar refractivity (Wildman–Crippen MR) is 110 cm³/mol. The van der Waals surface area contributed by atoms with Gasteiger partial charge in [0.2, 0.25) is 0 Å². The van der Waals surface area contributed by atoms with Crippen molar-refractivity contribution in [3.05, 3.63) is 66.4 Å². The molecular formula is C22H21N3O3. The smallest absolute Gasteiger partial charge is 0.161 e. The molecule has 0 amide bonds.